The second-order valence-corrected chi connectivity index (χ2v) is 5.05. The van der Waals surface area contributed by atoms with Gasteiger partial charge in [-0.15, -0.1) is 0 Å². The number of nitrogens with zero attached hydrogens (tertiary/aromatic N) is 1. The normalized spacial score (nSPS) is 12.1. The molecule has 0 aromatic heterocycles. The quantitative estimate of drug-likeness (QED) is 0.629. The molecule has 0 bridgehead atoms. The summed E-state index contributed by atoms with van der Waals surface area (Å²) in [6.07, 6.45) is 8.90. The molecule has 0 saturated heterocycles. The first-order valence-corrected chi connectivity index (χ1v) is 7.54. The highest BCUT2D eigenvalue weighted by Crippen LogP contribution is 2.14. The molecule has 1 rings (SSSR count). The van der Waals surface area contributed by atoms with Gasteiger partial charge in [0, 0.05) is 6.54 Å². The summed E-state index contributed by atoms with van der Waals surface area (Å²) in [4.78, 5) is 2.31. The van der Waals surface area contributed by atoms with Crippen LogP contribution in [0.5, 0.6) is 5.75 Å². The molecule has 0 aliphatic heterocycles. The summed E-state index contributed by atoms with van der Waals surface area (Å²) in [5.74, 6) is 0.899. The minimum absolute atomic E-state index is 0.547. The SMILES string of the molecule is C=C/C(=C\C=C/C)COc1ccc(CCN(C)CC)cc1. The van der Waals surface area contributed by atoms with E-state index in [2.05, 4.69) is 37.6 Å². The zero-order chi connectivity index (χ0) is 15.5. The Kier molecular flexibility index (Phi) is 8.22. The van der Waals surface area contributed by atoms with Gasteiger partial charge in [-0.25, -0.2) is 0 Å². The number of hydrogen-bond donors (Lipinski definition) is 0. The fourth-order valence-corrected chi connectivity index (χ4v) is 1.79. The zero-order valence-electron chi connectivity index (χ0n) is 13.5. The third-order valence-corrected chi connectivity index (χ3v) is 3.42. The number of allylic oxidation sites excluding steroid dienone is 3. The van der Waals surface area contributed by atoms with Crippen molar-refractivity contribution in [2.45, 2.75) is 20.3 Å². The lowest BCUT2D eigenvalue weighted by Crippen LogP contribution is -2.20. The molecule has 0 saturated carbocycles. The van der Waals surface area contributed by atoms with E-state index in [1.165, 1.54) is 5.56 Å². The van der Waals surface area contributed by atoms with Crippen LogP contribution >= 0.6 is 0 Å². The van der Waals surface area contributed by atoms with E-state index >= 15 is 0 Å². The molecule has 0 unspecified atom stereocenters. The van der Waals surface area contributed by atoms with E-state index in [4.69, 9.17) is 4.74 Å². The van der Waals surface area contributed by atoms with Crippen molar-refractivity contribution in [1.29, 1.82) is 0 Å². The molecule has 0 aliphatic carbocycles. The van der Waals surface area contributed by atoms with Gasteiger partial charge in [0.1, 0.15) is 12.4 Å². The summed E-state index contributed by atoms with van der Waals surface area (Å²) in [5, 5.41) is 0. The van der Waals surface area contributed by atoms with Crippen molar-refractivity contribution < 1.29 is 4.74 Å². The van der Waals surface area contributed by atoms with Crippen LogP contribution in [0.3, 0.4) is 0 Å². The molecule has 21 heavy (non-hydrogen) atoms. The number of ether oxygens (including phenoxy) is 1. The highest BCUT2D eigenvalue weighted by Gasteiger charge is 1.99. The van der Waals surface area contributed by atoms with Crippen molar-refractivity contribution in [3.63, 3.8) is 0 Å². The lowest BCUT2D eigenvalue weighted by molar-refractivity contribution is 0.353. The number of rotatable bonds is 9. The van der Waals surface area contributed by atoms with E-state index in [9.17, 15) is 0 Å². The maximum absolute atomic E-state index is 5.77. The molecule has 114 valence electrons. The molecular weight excluding hydrogens is 258 g/mol. The average molecular weight is 285 g/mol. The Balaban J connectivity index is 2.49. The summed E-state index contributed by atoms with van der Waals surface area (Å²) >= 11 is 0. The monoisotopic (exact) mass is 285 g/mol. The van der Waals surface area contributed by atoms with Gasteiger partial charge in [0.15, 0.2) is 0 Å². The van der Waals surface area contributed by atoms with Gasteiger partial charge in [-0.3, -0.25) is 0 Å². The van der Waals surface area contributed by atoms with Crippen molar-refractivity contribution in [2.24, 2.45) is 0 Å². The van der Waals surface area contributed by atoms with Crippen molar-refractivity contribution in [1.82, 2.24) is 4.90 Å². The highest BCUT2D eigenvalue weighted by atomic mass is 16.5. The average Bonchev–Trinajstić information content (AvgIpc) is 2.53. The van der Waals surface area contributed by atoms with Gasteiger partial charge >= 0.3 is 0 Å². The Morgan fingerprint density at radius 2 is 2.00 bits per heavy atom. The van der Waals surface area contributed by atoms with Gasteiger partial charge < -0.3 is 9.64 Å². The molecule has 0 fully saturated rings. The molecule has 0 amide bonds. The first-order chi connectivity index (χ1) is 10.2. The van der Waals surface area contributed by atoms with E-state index in [0.29, 0.717) is 6.61 Å². The minimum Gasteiger partial charge on any atom is -0.489 e. The molecule has 0 N–H and O–H groups in total. The predicted octanol–water partition coefficient (Wildman–Crippen LogP) is 4.25. The first-order valence-electron chi connectivity index (χ1n) is 7.54. The van der Waals surface area contributed by atoms with Gasteiger partial charge in [0.25, 0.3) is 0 Å². The van der Waals surface area contributed by atoms with Crippen LogP contribution in [0.4, 0.5) is 0 Å². The number of benzene rings is 1. The van der Waals surface area contributed by atoms with Crippen molar-refractivity contribution in [2.75, 3.05) is 26.7 Å². The lowest BCUT2D eigenvalue weighted by Gasteiger charge is -2.13. The summed E-state index contributed by atoms with van der Waals surface area (Å²) in [6, 6.07) is 8.36. The van der Waals surface area contributed by atoms with Crippen LogP contribution in [-0.2, 0) is 6.42 Å². The van der Waals surface area contributed by atoms with E-state index in [0.717, 1.165) is 30.8 Å². The molecule has 1 aromatic carbocycles. The van der Waals surface area contributed by atoms with Crippen LogP contribution in [0.1, 0.15) is 19.4 Å². The Hall–Kier alpha value is -1.80. The standard InChI is InChI=1S/C19H27NO/c1-5-8-9-17(6-2)16-21-19-12-10-18(11-13-19)14-15-20(4)7-3/h5-6,8-13H,2,7,14-16H2,1,3-4H3/b8-5-,17-9+. The first kappa shape index (κ1) is 17.3. The highest BCUT2D eigenvalue weighted by molar-refractivity contribution is 5.29. The molecule has 2 nitrogen and oxygen atoms in total. The number of likely N-dealkylation sites (N-methyl/N-ethyl adjacent to an activating group) is 1. The fourth-order valence-electron chi connectivity index (χ4n) is 1.79. The second-order valence-electron chi connectivity index (χ2n) is 5.05. The second kappa shape index (κ2) is 10.0. The van der Waals surface area contributed by atoms with Gasteiger partial charge in [-0.05, 0) is 50.2 Å². The fraction of sp³-hybridized carbons (Fsp3) is 0.368. The molecule has 0 heterocycles. The largest absolute Gasteiger partial charge is 0.489 e. The maximum atomic E-state index is 5.77. The van der Waals surface area contributed by atoms with Crippen molar-refractivity contribution in [3.05, 3.63) is 66.3 Å². The van der Waals surface area contributed by atoms with Gasteiger partial charge in [-0.2, -0.15) is 0 Å². The summed E-state index contributed by atoms with van der Waals surface area (Å²) in [7, 11) is 2.14. The smallest absolute Gasteiger partial charge is 0.119 e. The molecule has 0 spiro atoms. The van der Waals surface area contributed by atoms with Crippen LogP contribution in [-0.4, -0.2) is 31.6 Å². The Morgan fingerprint density at radius 1 is 1.29 bits per heavy atom. The maximum Gasteiger partial charge on any atom is 0.119 e. The van der Waals surface area contributed by atoms with Gasteiger partial charge in [0.05, 0.1) is 0 Å². The lowest BCUT2D eigenvalue weighted by atomic mass is 10.1. The van der Waals surface area contributed by atoms with Gasteiger partial charge in [-0.1, -0.05) is 49.9 Å². The van der Waals surface area contributed by atoms with Crippen LogP contribution in [0.25, 0.3) is 0 Å². The Labute approximate surface area is 129 Å². The van der Waals surface area contributed by atoms with Crippen molar-refractivity contribution in [3.8, 4) is 5.75 Å². The summed E-state index contributed by atoms with van der Waals surface area (Å²) in [5.41, 5.74) is 2.41. The number of hydrogen-bond acceptors (Lipinski definition) is 2. The third kappa shape index (κ3) is 6.96. The van der Waals surface area contributed by atoms with E-state index < -0.39 is 0 Å². The van der Waals surface area contributed by atoms with Crippen LogP contribution < -0.4 is 4.74 Å². The molecule has 1 aromatic rings. The zero-order valence-corrected chi connectivity index (χ0v) is 13.5. The summed E-state index contributed by atoms with van der Waals surface area (Å²) < 4.78 is 5.77. The minimum atomic E-state index is 0.547. The summed E-state index contributed by atoms with van der Waals surface area (Å²) in [6.45, 7) is 10.7. The molecular formula is C19H27NO. The Morgan fingerprint density at radius 3 is 2.57 bits per heavy atom. The van der Waals surface area contributed by atoms with E-state index in [1.807, 2.05) is 43.4 Å². The van der Waals surface area contributed by atoms with Crippen molar-refractivity contribution >= 4 is 0 Å². The van der Waals surface area contributed by atoms with Crippen LogP contribution in [0.15, 0.2) is 60.7 Å². The third-order valence-electron chi connectivity index (χ3n) is 3.42. The van der Waals surface area contributed by atoms with Gasteiger partial charge in [0.2, 0.25) is 0 Å². The Bertz CT molecular complexity index is 471. The molecule has 0 aliphatic rings. The van der Waals surface area contributed by atoms with Crippen LogP contribution in [0.2, 0.25) is 0 Å². The molecule has 0 radical (unpaired) electrons. The van der Waals surface area contributed by atoms with E-state index in [1.54, 1.807) is 0 Å². The molecule has 0 atom stereocenters. The predicted molar refractivity (Wildman–Crippen MR) is 91.9 cm³/mol. The molecule has 2 heteroatoms. The van der Waals surface area contributed by atoms with Crippen LogP contribution in [0, 0.1) is 0 Å². The van der Waals surface area contributed by atoms with E-state index in [-0.39, 0.29) is 0 Å². The topological polar surface area (TPSA) is 12.5 Å².